The van der Waals surface area contributed by atoms with Crippen LogP contribution >= 0.6 is 11.6 Å². The number of aromatic nitrogens is 4. The average molecular weight is 494 g/mol. The van der Waals surface area contributed by atoms with E-state index in [0.29, 0.717) is 62.8 Å². The third-order valence-electron chi connectivity index (χ3n) is 6.70. The molecule has 0 bridgehead atoms. The van der Waals surface area contributed by atoms with Gasteiger partial charge in [-0.05, 0) is 70.9 Å². The quantitative estimate of drug-likeness (QED) is 0.473. The third-order valence-corrected chi connectivity index (χ3v) is 6.88. The highest BCUT2D eigenvalue weighted by atomic mass is 35.5. The molecule has 1 aliphatic carbocycles. The number of esters is 1. The molecule has 1 amide bonds. The summed E-state index contributed by atoms with van der Waals surface area (Å²) in [5, 5.41) is 0.0824. The second-order valence-electron chi connectivity index (χ2n) is 10.1. The van der Waals surface area contributed by atoms with Gasteiger partial charge in [-0.1, -0.05) is 0 Å². The number of carbonyl (C=O) groups is 2. The average Bonchev–Trinajstić information content (AvgIpc) is 3.08. The molecule has 0 spiro atoms. The molecule has 3 heterocycles. The molecule has 10 nitrogen and oxygen atoms in total. The summed E-state index contributed by atoms with van der Waals surface area (Å²) < 4.78 is 13.9. The van der Waals surface area contributed by atoms with Crippen molar-refractivity contribution < 1.29 is 19.1 Å². The predicted molar refractivity (Wildman–Crippen MR) is 126 cm³/mol. The van der Waals surface area contributed by atoms with Crippen molar-refractivity contribution in [2.24, 2.45) is 5.92 Å². The van der Waals surface area contributed by atoms with E-state index in [9.17, 15) is 14.4 Å². The van der Waals surface area contributed by atoms with Crippen LogP contribution in [-0.4, -0.2) is 61.9 Å². The highest BCUT2D eigenvalue weighted by molar-refractivity contribution is 6.28. The summed E-state index contributed by atoms with van der Waals surface area (Å²) in [5.41, 5.74) is 0.448. The Labute approximate surface area is 203 Å². The summed E-state index contributed by atoms with van der Waals surface area (Å²) in [6.07, 6.45) is 5.19. The number of hydrogen-bond acceptors (Lipinski definition) is 7. The Morgan fingerprint density at radius 2 is 1.65 bits per heavy atom. The standard InChI is InChI=1S/C23H32ClN5O5/c1-23(2,3)34-22(32)27-11-9-16(10-12-27)29-18-17(13-25-20(24)26-18)28(21(29)31)15-7-5-14(6-8-15)19(30)33-4/h13-16H,5-12H2,1-4H3/t14-,15-. The van der Waals surface area contributed by atoms with E-state index >= 15 is 0 Å². The lowest BCUT2D eigenvalue weighted by Crippen LogP contribution is -2.43. The number of imidazole rings is 1. The van der Waals surface area contributed by atoms with E-state index in [1.807, 2.05) is 20.8 Å². The third kappa shape index (κ3) is 4.92. The first kappa shape index (κ1) is 24.5. The van der Waals surface area contributed by atoms with Gasteiger partial charge in [-0.15, -0.1) is 0 Å². The van der Waals surface area contributed by atoms with Crippen molar-refractivity contribution in [2.45, 2.75) is 77.0 Å². The number of likely N-dealkylation sites (tertiary alicyclic amines) is 1. The molecule has 0 N–H and O–H groups in total. The number of methoxy groups -OCH3 is 1. The molecule has 0 atom stereocenters. The number of piperidine rings is 1. The predicted octanol–water partition coefficient (Wildman–Crippen LogP) is 3.72. The molecule has 0 aromatic carbocycles. The SMILES string of the molecule is COC(=O)[C@H]1CC[C@H](n2c(=O)n(C3CCN(C(=O)OC(C)(C)C)CC3)c3nc(Cl)ncc32)CC1. The summed E-state index contributed by atoms with van der Waals surface area (Å²) in [5.74, 6) is -0.326. The van der Waals surface area contributed by atoms with Crippen LogP contribution in [0.4, 0.5) is 4.79 Å². The number of carbonyl (C=O) groups excluding carboxylic acids is 2. The normalized spacial score (nSPS) is 22.1. The van der Waals surface area contributed by atoms with Crippen molar-refractivity contribution >= 4 is 34.8 Å². The van der Waals surface area contributed by atoms with Crippen LogP contribution in [0, 0.1) is 5.92 Å². The van der Waals surface area contributed by atoms with E-state index in [4.69, 9.17) is 21.1 Å². The fourth-order valence-electron chi connectivity index (χ4n) is 5.05. The maximum atomic E-state index is 13.7. The smallest absolute Gasteiger partial charge is 0.410 e. The zero-order valence-corrected chi connectivity index (χ0v) is 20.9. The van der Waals surface area contributed by atoms with Crippen molar-refractivity contribution in [1.29, 1.82) is 0 Å². The van der Waals surface area contributed by atoms with Gasteiger partial charge in [0, 0.05) is 25.2 Å². The summed E-state index contributed by atoms with van der Waals surface area (Å²) in [7, 11) is 1.40. The monoisotopic (exact) mass is 493 g/mol. The number of fused-ring (bicyclic) bond motifs is 1. The second-order valence-corrected chi connectivity index (χ2v) is 10.4. The molecule has 11 heteroatoms. The first-order chi connectivity index (χ1) is 16.1. The highest BCUT2D eigenvalue weighted by Crippen LogP contribution is 2.35. The zero-order valence-electron chi connectivity index (χ0n) is 20.1. The lowest BCUT2D eigenvalue weighted by molar-refractivity contribution is -0.146. The molecule has 4 rings (SSSR count). The summed E-state index contributed by atoms with van der Waals surface area (Å²) in [6.45, 7) is 6.50. The molecule has 0 radical (unpaired) electrons. The fourth-order valence-corrected chi connectivity index (χ4v) is 5.18. The summed E-state index contributed by atoms with van der Waals surface area (Å²) >= 11 is 6.11. The fraction of sp³-hybridized carbons (Fsp3) is 0.696. The molecule has 34 heavy (non-hydrogen) atoms. The largest absolute Gasteiger partial charge is 0.469 e. The number of halogens is 1. The lowest BCUT2D eigenvalue weighted by Gasteiger charge is -2.33. The Balaban J connectivity index is 1.58. The number of ether oxygens (including phenoxy) is 2. The van der Waals surface area contributed by atoms with Crippen LogP contribution in [0.25, 0.3) is 11.2 Å². The van der Waals surface area contributed by atoms with Gasteiger partial charge in [-0.3, -0.25) is 13.9 Å². The van der Waals surface area contributed by atoms with E-state index in [0.717, 1.165) is 0 Å². The molecular weight excluding hydrogens is 462 g/mol. The van der Waals surface area contributed by atoms with Gasteiger partial charge in [0.25, 0.3) is 0 Å². The minimum atomic E-state index is -0.557. The zero-order chi connectivity index (χ0) is 24.6. The Kier molecular flexibility index (Phi) is 6.89. The Morgan fingerprint density at radius 3 is 2.24 bits per heavy atom. The molecule has 2 aliphatic rings. The van der Waals surface area contributed by atoms with Crippen LogP contribution in [0.2, 0.25) is 5.28 Å². The molecule has 0 unspecified atom stereocenters. The maximum absolute atomic E-state index is 13.7. The summed E-state index contributed by atoms with van der Waals surface area (Å²) in [4.78, 5) is 48.3. The minimum absolute atomic E-state index is 0.0521. The van der Waals surface area contributed by atoms with E-state index in [2.05, 4.69) is 9.97 Å². The van der Waals surface area contributed by atoms with E-state index < -0.39 is 5.60 Å². The van der Waals surface area contributed by atoms with Crippen molar-refractivity contribution in [3.05, 3.63) is 22.0 Å². The first-order valence-electron chi connectivity index (χ1n) is 11.8. The van der Waals surface area contributed by atoms with E-state index in [-0.39, 0.29) is 41.0 Å². The number of hydrogen-bond donors (Lipinski definition) is 0. The van der Waals surface area contributed by atoms with Gasteiger partial charge in [0.15, 0.2) is 5.65 Å². The van der Waals surface area contributed by atoms with Crippen LogP contribution in [-0.2, 0) is 14.3 Å². The molecule has 1 aliphatic heterocycles. The van der Waals surface area contributed by atoms with Crippen LogP contribution in [0.1, 0.15) is 71.4 Å². The van der Waals surface area contributed by atoms with Crippen LogP contribution < -0.4 is 5.69 Å². The van der Waals surface area contributed by atoms with Gasteiger partial charge in [0.2, 0.25) is 5.28 Å². The number of amides is 1. The van der Waals surface area contributed by atoms with Gasteiger partial charge in [-0.2, -0.15) is 4.98 Å². The van der Waals surface area contributed by atoms with Crippen molar-refractivity contribution in [3.63, 3.8) is 0 Å². The molecule has 186 valence electrons. The molecule has 2 aromatic rings. The Bertz CT molecular complexity index is 1120. The molecule has 2 aromatic heterocycles. The highest BCUT2D eigenvalue weighted by Gasteiger charge is 2.34. The topological polar surface area (TPSA) is 109 Å². The lowest BCUT2D eigenvalue weighted by atomic mass is 9.86. The van der Waals surface area contributed by atoms with Crippen LogP contribution in [0.3, 0.4) is 0 Å². The van der Waals surface area contributed by atoms with Crippen molar-refractivity contribution in [2.75, 3.05) is 20.2 Å². The van der Waals surface area contributed by atoms with Crippen molar-refractivity contribution in [1.82, 2.24) is 24.0 Å². The van der Waals surface area contributed by atoms with Crippen LogP contribution in [0.15, 0.2) is 11.0 Å². The minimum Gasteiger partial charge on any atom is -0.469 e. The summed E-state index contributed by atoms with van der Waals surface area (Å²) in [6, 6.07) is -0.170. The number of nitrogens with zero attached hydrogens (tertiary/aromatic N) is 5. The van der Waals surface area contributed by atoms with E-state index in [1.165, 1.54) is 7.11 Å². The maximum Gasteiger partial charge on any atom is 0.410 e. The van der Waals surface area contributed by atoms with Gasteiger partial charge < -0.3 is 14.4 Å². The second kappa shape index (κ2) is 9.56. The van der Waals surface area contributed by atoms with Gasteiger partial charge in [-0.25, -0.2) is 14.6 Å². The molecular formula is C23H32ClN5O5. The van der Waals surface area contributed by atoms with Crippen molar-refractivity contribution in [3.8, 4) is 0 Å². The first-order valence-corrected chi connectivity index (χ1v) is 12.2. The van der Waals surface area contributed by atoms with Crippen LogP contribution in [0.5, 0.6) is 0 Å². The number of rotatable bonds is 3. The molecule has 2 fully saturated rings. The molecule has 1 saturated carbocycles. The van der Waals surface area contributed by atoms with E-state index in [1.54, 1.807) is 20.2 Å². The molecule has 1 saturated heterocycles. The van der Waals surface area contributed by atoms with Gasteiger partial charge in [0.05, 0.1) is 19.2 Å². The Hall–Kier alpha value is -2.62. The van der Waals surface area contributed by atoms with Gasteiger partial charge in [0.1, 0.15) is 11.1 Å². The Morgan fingerprint density at radius 1 is 1.03 bits per heavy atom. The van der Waals surface area contributed by atoms with Gasteiger partial charge >= 0.3 is 17.8 Å².